The minimum atomic E-state index is 0.183. The Morgan fingerprint density at radius 1 is 1.00 bits per heavy atom. The number of hydrogen-bond donors (Lipinski definition) is 0. The quantitative estimate of drug-likeness (QED) is 0.552. The van der Waals surface area contributed by atoms with Gasteiger partial charge >= 0.3 is 128 Å². The Bertz CT molecular complexity index is 416. The Morgan fingerprint density at radius 3 is 2.05 bits per heavy atom. The number of ether oxygens (including phenoxy) is 2. The first-order valence-electron chi connectivity index (χ1n) is 7.95. The van der Waals surface area contributed by atoms with Crippen molar-refractivity contribution in [2.75, 3.05) is 13.2 Å². The zero-order valence-electron chi connectivity index (χ0n) is 14.8. The van der Waals surface area contributed by atoms with E-state index in [4.69, 9.17) is 9.47 Å². The molecule has 21 heavy (non-hydrogen) atoms. The summed E-state index contributed by atoms with van der Waals surface area (Å²) in [6.07, 6.45) is 1.16. The topological polar surface area (TPSA) is 18.5 Å². The zero-order valence-corrected chi connectivity index (χ0v) is 16.8. The molecule has 1 unspecified atom stereocenters. The van der Waals surface area contributed by atoms with E-state index >= 15 is 0 Å². The molecule has 0 spiro atoms. The van der Waals surface area contributed by atoms with Crippen molar-refractivity contribution in [2.45, 2.75) is 56.7 Å². The molecule has 1 aromatic rings. The molecule has 0 aliphatic heterocycles. The molecule has 0 radical (unpaired) electrons. The average molecular weight is 300 g/mol. The van der Waals surface area contributed by atoms with E-state index in [1.165, 1.54) is 5.56 Å². The van der Waals surface area contributed by atoms with Crippen LogP contribution in [-0.2, 0) is 10.2 Å². The van der Waals surface area contributed by atoms with Crippen molar-refractivity contribution in [1.82, 2.24) is 0 Å². The van der Waals surface area contributed by atoms with E-state index in [0.717, 1.165) is 40.1 Å². The van der Waals surface area contributed by atoms with Crippen molar-refractivity contribution in [3.8, 4) is 5.75 Å². The van der Waals surface area contributed by atoms with Crippen LogP contribution in [0.3, 0.4) is 0 Å². The minimum absolute atomic E-state index is 0.183. The molecule has 0 bridgehead atoms. The van der Waals surface area contributed by atoms with E-state index in [9.17, 15) is 0 Å². The molecule has 0 N–H and O–H groups in total. The summed E-state index contributed by atoms with van der Waals surface area (Å²) >= 11 is 1.07. The van der Waals surface area contributed by atoms with Crippen molar-refractivity contribution < 1.29 is 9.47 Å². The molecule has 0 heterocycles. The molecule has 0 aliphatic rings. The first-order chi connectivity index (χ1) is 9.60. The molecule has 2 nitrogen and oxygen atoms in total. The molecule has 114 valence electrons. The molecule has 1 atom stereocenters. The van der Waals surface area contributed by atoms with Crippen LogP contribution in [0, 0.1) is 5.41 Å². The van der Waals surface area contributed by atoms with Gasteiger partial charge in [0, 0.05) is 0 Å². The summed E-state index contributed by atoms with van der Waals surface area (Å²) in [4.78, 5) is 0. The van der Waals surface area contributed by atoms with Crippen LogP contribution in [0.1, 0.15) is 53.5 Å². The van der Waals surface area contributed by atoms with Gasteiger partial charge in [-0.1, -0.05) is 20.8 Å². The predicted octanol–water partition coefficient (Wildman–Crippen LogP) is 4.31. The molecular weight excluding hydrogens is 271 g/mol. The van der Waals surface area contributed by atoms with Crippen LogP contribution in [0.2, 0.25) is 0 Å². The van der Waals surface area contributed by atoms with Gasteiger partial charge in [-0.3, -0.25) is 0 Å². The number of hydrogen-bond acceptors (Lipinski definition) is 2. The van der Waals surface area contributed by atoms with Gasteiger partial charge in [-0.05, 0) is 0 Å². The summed E-state index contributed by atoms with van der Waals surface area (Å²) in [6, 6.07) is 8.53. The summed E-state index contributed by atoms with van der Waals surface area (Å²) < 4.78 is 11.6. The Morgan fingerprint density at radius 2 is 1.57 bits per heavy atom. The van der Waals surface area contributed by atoms with Crippen molar-refractivity contribution in [2.24, 2.45) is 5.41 Å². The molecule has 0 fully saturated rings. The van der Waals surface area contributed by atoms with Crippen molar-refractivity contribution in [3.05, 3.63) is 29.8 Å². The number of rotatable bonds is 7. The predicted molar refractivity (Wildman–Crippen MR) is 90.2 cm³/mol. The SMILES string of the molecule is C[CH]([Na])OCCOc1ccc(C(C)(C)CC(C)(C)C)cc1. The summed E-state index contributed by atoms with van der Waals surface area (Å²) in [6.45, 7) is 14.9. The molecule has 3 heteroatoms. The normalized spacial score (nSPS) is 14.1. The van der Waals surface area contributed by atoms with Gasteiger partial charge < -0.3 is 0 Å². The van der Waals surface area contributed by atoms with Gasteiger partial charge in [-0.15, -0.1) is 0 Å². The van der Waals surface area contributed by atoms with Crippen molar-refractivity contribution in [1.29, 1.82) is 0 Å². The van der Waals surface area contributed by atoms with Gasteiger partial charge in [-0.25, -0.2) is 0 Å². The van der Waals surface area contributed by atoms with E-state index in [1.54, 1.807) is 0 Å². The third-order valence-electron chi connectivity index (χ3n) is 3.41. The van der Waals surface area contributed by atoms with Crippen LogP contribution in [-0.4, -0.2) is 44.5 Å². The van der Waals surface area contributed by atoms with Gasteiger partial charge in [0.05, 0.1) is 0 Å². The van der Waals surface area contributed by atoms with Gasteiger partial charge in [-0.2, -0.15) is 0 Å². The maximum absolute atomic E-state index is 5.72. The Hall–Kier alpha value is -0.0200. The van der Waals surface area contributed by atoms with Crippen molar-refractivity contribution in [3.63, 3.8) is 0 Å². The Kier molecular flexibility index (Phi) is 7.26. The van der Waals surface area contributed by atoms with E-state index in [2.05, 4.69) is 65.8 Å². The van der Waals surface area contributed by atoms with Gasteiger partial charge in [0.1, 0.15) is 0 Å². The molecule has 0 saturated heterocycles. The third kappa shape index (κ3) is 7.69. The van der Waals surface area contributed by atoms with Gasteiger partial charge in [0.25, 0.3) is 0 Å². The number of benzene rings is 1. The second-order valence-electron chi connectivity index (χ2n) is 7.91. The summed E-state index contributed by atoms with van der Waals surface area (Å²) in [5, 5.41) is 0. The van der Waals surface area contributed by atoms with Crippen LogP contribution >= 0.6 is 0 Å². The molecule has 0 amide bonds. The molecule has 0 aromatic heterocycles. The fourth-order valence-corrected chi connectivity index (χ4v) is 3.11. The first-order valence-corrected chi connectivity index (χ1v) is 9.11. The summed E-state index contributed by atoms with van der Waals surface area (Å²) in [7, 11) is 0. The molecule has 0 saturated carbocycles. The molecule has 0 aliphatic carbocycles. The van der Waals surface area contributed by atoms with Crippen LogP contribution in [0.5, 0.6) is 5.75 Å². The summed E-state index contributed by atoms with van der Waals surface area (Å²) in [5.41, 5.74) is 1.88. The summed E-state index contributed by atoms with van der Waals surface area (Å²) in [5.74, 6) is 0.926. The average Bonchev–Trinajstić information content (AvgIpc) is 2.32. The van der Waals surface area contributed by atoms with Crippen LogP contribution < -0.4 is 4.74 Å². The fourth-order valence-electron chi connectivity index (χ4n) is 2.87. The third-order valence-corrected chi connectivity index (χ3v) is 3.74. The Labute approximate surface area is 148 Å². The molecular formula is C18H29NaO2. The maximum atomic E-state index is 5.72. The van der Waals surface area contributed by atoms with Crippen LogP contribution in [0.15, 0.2) is 24.3 Å². The van der Waals surface area contributed by atoms with Crippen molar-refractivity contribution >= 4 is 27.9 Å². The van der Waals surface area contributed by atoms with E-state index in [-0.39, 0.29) is 5.41 Å². The van der Waals surface area contributed by atoms with E-state index in [1.807, 2.05) is 0 Å². The standard InChI is InChI=1S/C18H29O2.Na/c1-7-19-12-13-20-16-10-8-15(9-11-16)18(5,6)14-17(2,3)4;/h7-11H,12-14H2,1-6H3;. The van der Waals surface area contributed by atoms with Gasteiger partial charge in [0.15, 0.2) is 0 Å². The molecule has 1 rings (SSSR count). The van der Waals surface area contributed by atoms with Gasteiger partial charge in [0.2, 0.25) is 0 Å². The van der Waals surface area contributed by atoms with E-state index < -0.39 is 0 Å². The zero-order chi connectivity index (χ0) is 16.1. The van der Waals surface area contributed by atoms with Crippen LogP contribution in [0.4, 0.5) is 0 Å². The second kappa shape index (κ2) is 8.01. The van der Waals surface area contributed by atoms with Crippen LogP contribution in [0.25, 0.3) is 0 Å². The molecule has 1 aromatic carbocycles. The first kappa shape index (κ1) is 19.0. The second-order valence-corrected chi connectivity index (χ2v) is 9.54. The fraction of sp³-hybridized carbons (Fsp3) is 0.667. The van der Waals surface area contributed by atoms with E-state index in [0.29, 0.717) is 22.0 Å². The Balaban J connectivity index is 2.57. The monoisotopic (exact) mass is 300 g/mol.